The number of rotatable bonds is 9. The van der Waals surface area contributed by atoms with Gasteiger partial charge in [-0.25, -0.2) is 9.38 Å². The van der Waals surface area contributed by atoms with Crippen LogP contribution in [0.25, 0.3) is 0 Å². The summed E-state index contributed by atoms with van der Waals surface area (Å²) < 4.78 is 12.9. The summed E-state index contributed by atoms with van der Waals surface area (Å²) >= 11 is 1.69. The van der Waals surface area contributed by atoms with Crippen LogP contribution in [0.15, 0.2) is 34.2 Å². The Bertz CT molecular complexity index is 547. The molecule has 0 aliphatic rings. The summed E-state index contributed by atoms with van der Waals surface area (Å²) in [7, 11) is 3.44. The van der Waals surface area contributed by atoms with E-state index in [0.29, 0.717) is 11.9 Å². The molecule has 0 heterocycles. The highest BCUT2D eigenvalue weighted by Crippen LogP contribution is 2.18. The van der Waals surface area contributed by atoms with Crippen molar-refractivity contribution < 1.29 is 9.18 Å². The van der Waals surface area contributed by atoms with Gasteiger partial charge in [-0.15, -0.1) is 11.8 Å². The van der Waals surface area contributed by atoms with Gasteiger partial charge >= 0.3 is 0 Å². The molecule has 25 heavy (non-hydrogen) atoms. The molecular formula is C18H29FN4OS. The molecule has 0 aliphatic heterocycles. The Hall–Kier alpha value is -1.76. The zero-order chi connectivity index (χ0) is 18.7. The average molecular weight is 369 g/mol. The van der Waals surface area contributed by atoms with Crippen LogP contribution in [0, 0.1) is 11.7 Å². The van der Waals surface area contributed by atoms with Gasteiger partial charge in [-0.3, -0.25) is 4.79 Å². The molecule has 0 unspecified atom stereocenters. The van der Waals surface area contributed by atoms with Crippen LogP contribution in [0.5, 0.6) is 0 Å². The molecule has 0 bridgehead atoms. The summed E-state index contributed by atoms with van der Waals surface area (Å²) in [5.74, 6) is 1.83. The highest BCUT2D eigenvalue weighted by atomic mass is 32.2. The van der Waals surface area contributed by atoms with Crippen molar-refractivity contribution in [2.24, 2.45) is 10.9 Å². The van der Waals surface area contributed by atoms with Crippen LogP contribution in [-0.2, 0) is 4.79 Å². The normalized spacial score (nSPS) is 11.5. The van der Waals surface area contributed by atoms with E-state index in [1.807, 2.05) is 0 Å². The largest absolute Gasteiger partial charge is 0.356 e. The molecule has 1 aromatic rings. The minimum atomic E-state index is -0.213. The van der Waals surface area contributed by atoms with E-state index in [2.05, 4.69) is 29.5 Å². The zero-order valence-electron chi connectivity index (χ0n) is 15.5. The predicted molar refractivity (Wildman–Crippen MR) is 104 cm³/mol. The lowest BCUT2D eigenvalue weighted by Gasteiger charge is -2.15. The second-order valence-corrected chi connectivity index (χ2v) is 7.48. The standard InChI is InChI=1S/C18H29FN4OS/c1-14(2)12-21-18(22-13-17(24)23(3)4)20-10-5-11-25-16-8-6-15(19)7-9-16/h6-9,14H,5,10-13H2,1-4H3,(H2,20,21,22). The Morgan fingerprint density at radius 3 is 2.52 bits per heavy atom. The first-order valence-electron chi connectivity index (χ1n) is 8.49. The van der Waals surface area contributed by atoms with Crippen molar-refractivity contribution in [3.05, 3.63) is 30.1 Å². The molecule has 7 heteroatoms. The highest BCUT2D eigenvalue weighted by molar-refractivity contribution is 7.99. The Labute approximate surface area is 154 Å². The second-order valence-electron chi connectivity index (χ2n) is 6.31. The maximum absolute atomic E-state index is 12.9. The minimum absolute atomic E-state index is 0.0301. The number of halogens is 1. The van der Waals surface area contributed by atoms with Gasteiger partial charge in [0.05, 0.1) is 0 Å². The molecule has 0 fully saturated rings. The van der Waals surface area contributed by atoms with E-state index in [9.17, 15) is 9.18 Å². The maximum Gasteiger partial charge on any atom is 0.243 e. The third kappa shape index (κ3) is 9.96. The number of carbonyl (C=O) groups is 1. The molecule has 0 radical (unpaired) electrons. The molecule has 1 amide bonds. The molecule has 2 N–H and O–H groups in total. The smallest absolute Gasteiger partial charge is 0.243 e. The number of carbonyl (C=O) groups excluding carboxylic acids is 1. The van der Waals surface area contributed by atoms with Crippen LogP contribution < -0.4 is 10.6 Å². The van der Waals surface area contributed by atoms with Crippen molar-refractivity contribution in [2.75, 3.05) is 39.5 Å². The fourth-order valence-corrected chi connectivity index (χ4v) is 2.62. The Morgan fingerprint density at radius 2 is 1.92 bits per heavy atom. The SMILES string of the molecule is CC(C)CNC(=NCC(=O)N(C)C)NCCCSc1ccc(F)cc1. The number of nitrogens with one attached hydrogen (secondary N) is 2. The maximum atomic E-state index is 12.9. The molecule has 0 aliphatic carbocycles. The lowest BCUT2D eigenvalue weighted by molar-refractivity contribution is -0.127. The number of aliphatic imine (C=N–C) groups is 1. The third-order valence-corrected chi connectivity index (χ3v) is 4.34. The van der Waals surface area contributed by atoms with Gasteiger partial charge in [0.2, 0.25) is 5.91 Å². The van der Waals surface area contributed by atoms with E-state index in [1.165, 1.54) is 17.0 Å². The molecule has 5 nitrogen and oxygen atoms in total. The monoisotopic (exact) mass is 368 g/mol. The van der Waals surface area contributed by atoms with Crippen LogP contribution in [0.2, 0.25) is 0 Å². The van der Waals surface area contributed by atoms with Crippen LogP contribution in [0.4, 0.5) is 4.39 Å². The average Bonchev–Trinajstić information content (AvgIpc) is 2.57. The molecule has 140 valence electrons. The molecule has 0 aromatic heterocycles. The van der Waals surface area contributed by atoms with Gasteiger partial charge in [-0.2, -0.15) is 0 Å². The molecule has 1 rings (SSSR count). The first-order chi connectivity index (χ1) is 11.9. The Balaban J connectivity index is 2.36. The number of hydrogen-bond donors (Lipinski definition) is 2. The van der Waals surface area contributed by atoms with Crippen molar-refractivity contribution in [1.82, 2.24) is 15.5 Å². The van der Waals surface area contributed by atoms with Crippen molar-refractivity contribution >= 4 is 23.6 Å². The number of hydrogen-bond acceptors (Lipinski definition) is 3. The fourth-order valence-electron chi connectivity index (χ4n) is 1.76. The number of guanidine groups is 1. The van der Waals surface area contributed by atoms with E-state index >= 15 is 0 Å². The van der Waals surface area contributed by atoms with Gasteiger partial charge in [-0.05, 0) is 42.4 Å². The second kappa shape index (κ2) is 11.7. The molecule has 1 aromatic carbocycles. The lowest BCUT2D eigenvalue weighted by atomic mass is 10.2. The van der Waals surface area contributed by atoms with Crippen molar-refractivity contribution in [2.45, 2.75) is 25.2 Å². The summed E-state index contributed by atoms with van der Waals surface area (Å²) in [6.45, 7) is 5.93. The number of likely N-dealkylation sites (N-methyl/N-ethyl adjacent to an activating group) is 1. The van der Waals surface area contributed by atoms with Gasteiger partial charge in [0.15, 0.2) is 5.96 Å². The number of benzene rings is 1. The molecule has 0 atom stereocenters. The Kier molecular flexibility index (Phi) is 9.99. The van der Waals surface area contributed by atoms with Crippen molar-refractivity contribution in [3.63, 3.8) is 0 Å². The zero-order valence-corrected chi connectivity index (χ0v) is 16.3. The van der Waals surface area contributed by atoms with Crippen LogP contribution in [0.3, 0.4) is 0 Å². The van der Waals surface area contributed by atoms with Crippen molar-refractivity contribution in [1.29, 1.82) is 0 Å². The van der Waals surface area contributed by atoms with E-state index in [1.54, 1.807) is 38.0 Å². The van der Waals surface area contributed by atoms with Crippen LogP contribution >= 0.6 is 11.8 Å². The quantitative estimate of drug-likeness (QED) is 0.304. The van der Waals surface area contributed by atoms with Crippen LogP contribution in [-0.4, -0.2) is 56.2 Å². The van der Waals surface area contributed by atoms with Crippen molar-refractivity contribution in [3.8, 4) is 0 Å². The van der Waals surface area contributed by atoms with Gasteiger partial charge in [-0.1, -0.05) is 13.8 Å². The molecule has 0 saturated heterocycles. The summed E-state index contributed by atoms with van der Waals surface area (Å²) in [6.07, 6.45) is 0.937. The first-order valence-corrected chi connectivity index (χ1v) is 9.47. The first kappa shape index (κ1) is 21.3. The number of thioether (sulfide) groups is 1. The van der Waals surface area contributed by atoms with Gasteiger partial charge < -0.3 is 15.5 Å². The molecular weight excluding hydrogens is 339 g/mol. The number of amides is 1. The predicted octanol–water partition coefficient (Wildman–Crippen LogP) is 2.59. The Morgan fingerprint density at radius 1 is 1.24 bits per heavy atom. The van der Waals surface area contributed by atoms with E-state index in [4.69, 9.17) is 0 Å². The van der Waals surface area contributed by atoms with Gasteiger partial charge in [0.25, 0.3) is 0 Å². The third-order valence-electron chi connectivity index (χ3n) is 3.24. The number of nitrogens with zero attached hydrogens (tertiary/aromatic N) is 2. The fraction of sp³-hybridized carbons (Fsp3) is 0.556. The topological polar surface area (TPSA) is 56.7 Å². The summed E-state index contributed by atoms with van der Waals surface area (Å²) in [6, 6.07) is 6.53. The summed E-state index contributed by atoms with van der Waals surface area (Å²) in [4.78, 5) is 18.6. The summed E-state index contributed by atoms with van der Waals surface area (Å²) in [5, 5.41) is 6.51. The molecule has 0 spiro atoms. The lowest BCUT2D eigenvalue weighted by Crippen LogP contribution is -2.40. The highest BCUT2D eigenvalue weighted by Gasteiger charge is 2.05. The van der Waals surface area contributed by atoms with E-state index in [-0.39, 0.29) is 18.3 Å². The van der Waals surface area contributed by atoms with Gasteiger partial charge in [0, 0.05) is 32.1 Å². The van der Waals surface area contributed by atoms with Crippen LogP contribution in [0.1, 0.15) is 20.3 Å². The summed E-state index contributed by atoms with van der Waals surface area (Å²) in [5.41, 5.74) is 0. The minimum Gasteiger partial charge on any atom is -0.356 e. The van der Waals surface area contributed by atoms with Gasteiger partial charge in [0.1, 0.15) is 12.4 Å². The van der Waals surface area contributed by atoms with E-state index < -0.39 is 0 Å². The molecule has 0 saturated carbocycles. The van der Waals surface area contributed by atoms with E-state index in [0.717, 1.165) is 30.2 Å².